The van der Waals surface area contributed by atoms with E-state index in [0.717, 1.165) is 24.7 Å². The van der Waals surface area contributed by atoms with Gasteiger partial charge in [-0.2, -0.15) is 0 Å². The number of amides is 1. The Labute approximate surface area is 115 Å². The Kier molecular flexibility index (Phi) is 3.64. The van der Waals surface area contributed by atoms with Crippen LogP contribution in [-0.4, -0.2) is 29.7 Å². The van der Waals surface area contributed by atoms with Crippen molar-refractivity contribution in [1.82, 2.24) is 4.90 Å². The Hall–Kier alpha value is -0.860. The summed E-state index contributed by atoms with van der Waals surface area (Å²) in [6, 6.07) is 0. The first kappa shape index (κ1) is 13.1. The number of carbonyl (C=O) groups is 2. The number of likely N-dealkylation sites (tertiary alicyclic amines) is 1. The molecule has 3 nitrogen and oxygen atoms in total. The molecule has 3 fully saturated rings. The number of piperidine rings is 1. The molecule has 3 rings (SSSR count). The molecule has 19 heavy (non-hydrogen) atoms. The number of hydrogen-bond donors (Lipinski definition) is 0. The van der Waals surface area contributed by atoms with Gasteiger partial charge < -0.3 is 4.90 Å². The molecule has 106 valence electrons. The molecule has 1 heterocycles. The summed E-state index contributed by atoms with van der Waals surface area (Å²) in [5, 5.41) is 0. The second kappa shape index (κ2) is 5.26. The lowest BCUT2D eigenvalue weighted by Crippen LogP contribution is -2.44. The van der Waals surface area contributed by atoms with Gasteiger partial charge in [-0.05, 0) is 43.4 Å². The average molecular weight is 263 g/mol. The number of carbonyl (C=O) groups excluding carboxylic acids is 2. The largest absolute Gasteiger partial charge is 0.342 e. The van der Waals surface area contributed by atoms with Gasteiger partial charge in [-0.1, -0.05) is 13.3 Å². The second-order valence-corrected chi connectivity index (χ2v) is 6.80. The zero-order valence-corrected chi connectivity index (χ0v) is 11.9. The highest BCUT2D eigenvalue weighted by atomic mass is 16.2. The second-order valence-electron chi connectivity index (χ2n) is 6.80. The summed E-state index contributed by atoms with van der Waals surface area (Å²) >= 11 is 0. The standard InChI is InChI=1S/C16H25NO2/c1-2-12-10-17(6-5-15(12)18)16(19)9-14-8-11-3-4-13(14)7-11/h11-14H,2-10H2,1H3. The SMILES string of the molecule is CCC1CN(C(=O)CC2CC3CCC2C3)CCC1=O. The molecule has 0 aromatic heterocycles. The number of hydrogen-bond acceptors (Lipinski definition) is 2. The van der Waals surface area contributed by atoms with E-state index in [0.29, 0.717) is 37.1 Å². The topological polar surface area (TPSA) is 37.4 Å². The van der Waals surface area contributed by atoms with E-state index in [9.17, 15) is 9.59 Å². The summed E-state index contributed by atoms with van der Waals surface area (Å²) in [6.07, 6.45) is 7.57. The van der Waals surface area contributed by atoms with Gasteiger partial charge >= 0.3 is 0 Å². The van der Waals surface area contributed by atoms with E-state index in [1.807, 2.05) is 11.8 Å². The van der Waals surface area contributed by atoms with Gasteiger partial charge in [0.15, 0.2) is 0 Å². The van der Waals surface area contributed by atoms with Crippen molar-refractivity contribution in [1.29, 1.82) is 0 Å². The van der Waals surface area contributed by atoms with Gasteiger partial charge in [0.2, 0.25) is 5.91 Å². The Bertz CT molecular complexity index is 379. The quantitative estimate of drug-likeness (QED) is 0.785. The number of ketones is 1. The molecule has 0 aromatic rings. The predicted octanol–water partition coefficient (Wildman–Crippen LogP) is 2.64. The van der Waals surface area contributed by atoms with E-state index >= 15 is 0 Å². The zero-order valence-electron chi connectivity index (χ0n) is 11.9. The van der Waals surface area contributed by atoms with Crippen LogP contribution in [0.15, 0.2) is 0 Å². The van der Waals surface area contributed by atoms with Gasteiger partial charge in [0.05, 0.1) is 0 Å². The molecule has 4 atom stereocenters. The van der Waals surface area contributed by atoms with Crippen molar-refractivity contribution in [2.24, 2.45) is 23.7 Å². The maximum Gasteiger partial charge on any atom is 0.222 e. The van der Waals surface area contributed by atoms with Crippen LogP contribution in [0.5, 0.6) is 0 Å². The Balaban J connectivity index is 1.54. The molecule has 2 saturated carbocycles. The van der Waals surface area contributed by atoms with Gasteiger partial charge in [0.1, 0.15) is 5.78 Å². The Morgan fingerprint density at radius 3 is 2.79 bits per heavy atom. The summed E-state index contributed by atoms with van der Waals surface area (Å²) in [7, 11) is 0. The van der Waals surface area contributed by atoms with E-state index in [1.165, 1.54) is 25.7 Å². The van der Waals surface area contributed by atoms with Crippen LogP contribution in [0.4, 0.5) is 0 Å². The fourth-order valence-corrected chi connectivity index (χ4v) is 4.47. The highest BCUT2D eigenvalue weighted by molar-refractivity contribution is 5.85. The van der Waals surface area contributed by atoms with E-state index in [4.69, 9.17) is 0 Å². The third-order valence-electron chi connectivity index (χ3n) is 5.69. The average Bonchev–Trinajstić information content (AvgIpc) is 3.01. The number of fused-ring (bicyclic) bond motifs is 2. The molecule has 1 aliphatic heterocycles. The van der Waals surface area contributed by atoms with Crippen molar-refractivity contribution in [2.75, 3.05) is 13.1 Å². The van der Waals surface area contributed by atoms with Crippen molar-refractivity contribution in [3.05, 3.63) is 0 Å². The minimum absolute atomic E-state index is 0.0951. The van der Waals surface area contributed by atoms with Crippen LogP contribution in [0.1, 0.15) is 51.9 Å². The number of rotatable bonds is 3. The maximum absolute atomic E-state index is 12.4. The molecule has 2 aliphatic carbocycles. The molecule has 0 N–H and O–H groups in total. The lowest BCUT2D eigenvalue weighted by atomic mass is 9.85. The maximum atomic E-state index is 12.4. The lowest BCUT2D eigenvalue weighted by molar-refractivity contribution is -0.138. The van der Waals surface area contributed by atoms with Gasteiger partial charge in [-0.15, -0.1) is 0 Å². The molecule has 4 unspecified atom stereocenters. The molecular weight excluding hydrogens is 238 g/mol. The van der Waals surface area contributed by atoms with E-state index in [2.05, 4.69) is 0 Å². The highest BCUT2D eigenvalue weighted by Crippen LogP contribution is 2.49. The van der Waals surface area contributed by atoms with Crippen LogP contribution in [-0.2, 0) is 9.59 Å². The molecule has 0 aromatic carbocycles. The zero-order chi connectivity index (χ0) is 13.4. The van der Waals surface area contributed by atoms with Crippen LogP contribution in [0.3, 0.4) is 0 Å². The molecule has 2 bridgehead atoms. The molecular formula is C16H25NO2. The smallest absolute Gasteiger partial charge is 0.222 e. The fraction of sp³-hybridized carbons (Fsp3) is 0.875. The van der Waals surface area contributed by atoms with E-state index in [1.54, 1.807) is 0 Å². The van der Waals surface area contributed by atoms with Gasteiger partial charge in [0, 0.05) is 31.8 Å². The molecule has 1 saturated heterocycles. The summed E-state index contributed by atoms with van der Waals surface area (Å²) in [6.45, 7) is 3.39. The van der Waals surface area contributed by atoms with Crippen LogP contribution < -0.4 is 0 Å². The van der Waals surface area contributed by atoms with Crippen molar-refractivity contribution >= 4 is 11.7 Å². The molecule has 1 amide bonds. The molecule has 0 spiro atoms. The van der Waals surface area contributed by atoms with Gasteiger partial charge in [-0.25, -0.2) is 0 Å². The van der Waals surface area contributed by atoms with Gasteiger partial charge in [-0.3, -0.25) is 9.59 Å². The summed E-state index contributed by atoms with van der Waals surface area (Å²) in [5.41, 5.74) is 0. The third kappa shape index (κ3) is 2.56. The summed E-state index contributed by atoms with van der Waals surface area (Å²) < 4.78 is 0. The van der Waals surface area contributed by atoms with E-state index in [-0.39, 0.29) is 5.92 Å². The first-order valence-electron chi connectivity index (χ1n) is 7.97. The number of nitrogens with zero attached hydrogens (tertiary/aromatic N) is 1. The van der Waals surface area contributed by atoms with Crippen LogP contribution in [0.25, 0.3) is 0 Å². The summed E-state index contributed by atoms with van der Waals surface area (Å²) in [5.74, 6) is 3.13. The van der Waals surface area contributed by atoms with Crippen molar-refractivity contribution in [3.8, 4) is 0 Å². The molecule has 0 radical (unpaired) electrons. The summed E-state index contributed by atoms with van der Waals surface area (Å²) in [4.78, 5) is 26.1. The van der Waals surface area contributed by atoms with Crippen LogP contribution in [0.2, 0.25) is 0 Å². The monoisotopic (exact) mass is 263 g/mol. The Morgan fingerprint density at radius 1 is 1.32 bits per heavy atom. The minimum atomic E-state index is 0.0951. The minimum Gasteiger partial charge on any atom is -0.342 e. The first-order chi connectivity index (χ1) is 9.17. The van der Waals surface area contributed by atoms with Crippen LogP contribution in [0, 0.1) is 23.7 Å². The lowest BCUT2D eigenvalue weighted by Gasteiger charge is -2.33. The van der Waals surface area contributed by atoms with Crippen molar-refractivity contribution in [3.63, 3.8) is 0 Å². The predicted molar refractivity (Wildman–Crippen MR) is 73.5 cm³/mol. The fourth-order valence-electron chi connectivity index (χ4n) is 4.47. The number of Topliss-reactive ketones (excluding diaryl/α,β-unsaturated/α-hetero) is 1. The van der Waals surface area contributed by atoms with Gasteiger partial charge in [0.25, 0.3) is 0 Å². The first-order valence-corrected chi connectivity index (χ1v) is 7.97. The van der Waals surface area contributed by atoms with Crippen LogP contribution >= 0.6 is 0 Å². The highest BCUT2D eigenvalue weighted by Gasteiger charge is 2.41. The third-order valence-corrected chi connectivity index (χ3v) is 5.69. The van der Waals surface area contributed by atoms with Crippen molar-refractivity contribution in [2.45, 2.75) is 51.9 Å². The van der Waals surface area contributed by atoms with E-state index < -0.39 is 0 Å². The Morgan fingerprint density at radius 2 is 2.16 bits per heavy atom. The normalized spacial score (nSPS) is 37.9. The molecule has 3 heteroatoms. The van der Waals surface area contributed by atoms with Crippen molar-refractivity contribution < 1.29 is 9.59 Å². The molecule has 3 aliphatic rings.